The van der Waals surface area contributed by atoms with Gasteiger partial charge in [0.15, 0.2) is 5.82 Å². The molecule has 0 aliphatic carbocycles. The van der Waals surface area contributed by atoms with Crippen LogP contribution in [0.25, 0.3) is 22.3 Å². The van der Waals surface area contributed by atoms with E-state index in [1.807, 2.05) is 4.90 Å². The number of nitrogens with zero attached hydrogens (tertiary/aromatic N) is 6. The predicted molar refractivity (Wildman–Crippen MR) is 104 cm³/mol. The zero-order chi connectivity index (χ0) is 18.5. The molecule has 12 heteroatoms. The van der Waals surface area contributed by atoms with Crippen LogP contribution in [0.4, 0.5) is 24.7 Å². The lowest BCUT2D eigenvalue weighted by Gasteiger charge is -2.31. The monoisotopic (exact) mass is 495 g/mol. The van der Waals surface area contributed by atoms with Crippen molar-refractivity contribution in [3.63, 3.8) is 0 Å². The Morgan fingerprint density at radius 3 is 2.62 bits per heavy atom. The lowest BCUT2D eigenvalue weighted by Crippen LogP contribution is -2.37. The molecule has 0 radical (unpaired) electrons. The molecule has 0 saturated carbocycles. The Bertz CT molecular complexity index is 963. The van der Waals surface area contributed by atoms with Crippen molar-refractivity contribution < 1.29 is 13.2 Å². The van der Waals surface area contributed by atoms with E-state index in [0.717, 1.165) is 24.2 Å². The second-order valence-corrected chi connectivity index (χ2v) is 8.06. The van der Waals surface area contributed by atoms with Gasteiger partial charge >= 0.3 is 6.18 Å². The minimum absolute atomic E-state index is 0.366. The van der Waals surface area contributed by atoms with Crippen LogP contribution in [0.15, 0.2) is 18.5 Å². The third kappa shape index (κ3) is 3.22. The summed E-state index contributed by atoms with van der Waals surface area (Å²) in [5.41, 5.74) is 7.69. The lowest BCUT2D eigenvalue weighted by molar-refractivity contribution is -0.141. The topological polar surface area (TPSA) is 77.8 Å². The number of aromatic nitrogens is 5. The van der Waals surface area contributed by atoms with Crippen molar-refractivity contribution in [3.05, 3.63) is 18.5 Å². The molecule has 2 N–H and O–H groups in total. The highest BCUT2D eigenvalue weighted by atomic mass is 127. The van der Waals surface area contributed by atoms with Gasteiger partial charge in [0.1, 0.15) is 12.2 Å². The first-order chi connectivity index (χ1) is 12.4. The number of nitrogens with two attached hydrogens (primary N) is 1. The molecule has 4 rings (SSSR count). The van der Waals surface area contributed by atoms with Gasteiger partial charge in [-0.3, -0.25) is 9.67 Å². The number of fused-ring (bicyclic) bond motifs is 1. The fraction of sp³-hybridized carbons (Fsp3) is 0.357. The molecule has 0 spiro atoms. The smallest absolute Gasteiger partial charge is 0.396 e. The average molecular weight is 495 g/mol. The molecule has 1 fully saturated rings. The quantitative estimate of drug-likeness (QED) is 0.444. The van der Waals surface area contributed by atoms with Gasteiger partial charge < -0.3 is 10.6 Å². The van der Waals surface area contributed by atoms with Crippen LogP contribution in [-0.4, -0.2) is 43.6 Å². The van der Waals surface area contributed by atoms with E-state index in [2.05, 4.69) is 37.2 Å². The van der Waals surface area contributed by atoms with E-state index in [1.165, 1.54) is 0 Å². The molecule has 1 aliphatic rings. The second-order valence-electron chi connectivity index (χ2n) is 5.99. The van der Waals surface area contributed by atoms with Gasteiger partial charge in [0, 0.05) is 19.3 Å². The molecule has 138 valence electrons. The van der Waals surface area contributed by atoms with Gasteiger partial charge in [-0.05, 0) is 34.5 Å². The number of hydrogen-bond acceptors (Lipinski definition) is 5. The highest BCUT2D eigenvalue weighted by Crippen LogP contribution is 2.34. The normalized spacial score (nSPS) is 15.3. The molecular weight excluding hydrogens is 481 g/mol. The maximum atomic E-state index is 13.0. The van der Waals surface area contributed by atoms with Crippen LogP contribution < -0.4 is 10.6 Å². The number of hydrogen-bond donors (Lipinski definition) is 1. The number of alkyl halides is 3. The Kier molecular flexibility index (Phi) is 4.46. The van der Waals surface area contributed by atoms with E-state index < -0.39 is 12.7 Å². The van der Waals surface area contributed by atoms with Crippen molar-refractivity contribution in [1.29, 1.82) is 0 Å². The summed E-state index contributed by atoms with van der Waals surface area (Å²) in [6.45, 7) is 0.418. The van der Waals surface area contributed by atoms with Gasteiger partial charge in [0.2, 0.25) is 0 Å². The first kappa shape index (κ1) is 17.8. The highest BCUT2D eigenvalue weighted by Gasteiger charge is 2.31. The van der Waals surface area contributed by atoms with Crippen LogP contribution in [0.3, 0.4) is 0 Å². The summed E-state index contributed by atoms with van der Waals surface area (Å²) < 4.78 is 41.6. The van der Waals surface area contributed by atoms with Crippen molar-refractivity contribution >= 4 is 50.8 Å². The van der Waals surface area contributed by atoms with Crippen LogP contribution >= 0.6 is 28.4 Å². The summed E-state index contributed by atoms with van der Waals surface area (Å²) in [7, 11) is 0. The molecule has 0 bridgehead atoms. The molecule has 1 saturated heterocycles. The first-order valence-corrected chi connectivity index (χ1v) is 11.8. The maximum Gasteiger partial charge on any atom is 0.408 e. The summed E-state index contributed by atoms with van der Waals surface area (Å²) in [6.07, 6.45) is 0.251. The van der Waals surface area contributed by atoms with Crippen LogP contribution in [-0.2, 0) is 6.54 Å². The number of halogens is 4. The molecule has 0 aromatic carbocycles. The highest BCUT2D eigenvalue weighted by molar-refractivity contribution is 14.2. The third-order valence-corrected chi connectivity index (χ3v) is 6.06. The molecule has 3 aromatic rings. The molecule has 1 aliphatic heterocycles. The minimum Gasteiger partial charge on any atom is -0.396 e. The minimum atomic E-state index is -4.36. The third-order valence-electron chi connectivity index (χ3n) is 4.17. The van der Waals surface area contributed by atoms with Crippen LogP contribution in [0, 0.1) is 0 Å². The van der Waals surface area contributed by atoms with Crippen LogP contribution in [0.1, 0.15) is 6.42 Å². The summed E-state index contributed by atoms with van der Waals surface area (Å²) >= 11 is 2.17. The predicted octanol–water partition coefficient (Wildman–Crippen LogP) is 3.44. The summed E-state index contributed by atoms with van der Waals surface area (Å²) in [5.74, 6) is 0.543. The van der Waals surface area contributed by atoms with Gasteiger partial charge in [-0.2, -0.15) is 23.4 Å². The second kappa shape index (κ2) is 6.52. The molecule has 26 heavy (non-hydrogen) atoms. The number of anilines is 2. The summed E-state index contributed by atoms with van der Waals surface area (Å²) in [5, 5.41) is 9.15. The van der Waals surface area contributed by atoms with Crippen LogP contribution in [0.5, 0.6) is 0 Å². The molecular formula is C14H14F3IN7P. The molecule has 4 heterocycles. The van der Waals surface area contributed by atoms with E-state index >= 15 is 0 Å². The Morgan fingerprint density at radius 2 is 2.04 bits per heavy atom. The Balaban J connectivity index is 1.84. The SMILES string of the molecule is Nc1cn(PI)nc1-c1cc2c(cn1)c(N1CCC1)nn2CC(F)(F)F. The summed E-state index contributed by atoms with van der Waals surface area (Å²) in [6, 6.07) is 1.58. The van der Waals surface area contributed by atoms with Crippen molar-refractivity contribution in [3.8, 4) is 11.4 Å². The molecule has 0 amide bonds. The van der Waals surface area contributed by atoms with Crippen molar-refractivity contribution in [2.75, 3.05) is 23.7 Å². The molecule has 1 unspecified atom stereocenters. The number of nitrogen functional groups attached to an aromatic ring is 1. The fourth-order valence-electron chi connectivity index (χ4n) is 2.86. The fourth-order valence-corrected chi connectivity index (χ4v) is 3.93. The van der Waals surface area contributed by atoms with Gasteiger partial charge in [-0.1, -0.05) is 0 Å². The van der Waals surface area contributed by atoms with Gasteiger partial charge in [0.05, 0.1) is 34.9 Å². The Hall–Kier alpha value is -1.62. The Morgan fingerprint density at radius 1 is 1.27 bits per heavy atom. The maximum absolute atomic E-state index is 13.0. The van der Waals surface area contributed by atoms with Crippen molar-refractivity contribution in [2.45, 2.75) is 19.1 Å². The average Bonchev–Trinajstić information content (AvgIpc) is 3.05. The van der Waals surface area contributed by atoms with E-state index in [-0.39, 0.29) is 0 Å². The number of pyridine rings is 1. The largest absolute Gasteiger partial charge is 0.408 e. The lowest BCUT2D eigenvalue weighted by atomic mass is 10.2. The zero-order valence-electron chi connectivity index (χ0n) is 13.3. The van der Waals surface area contributed by atoms with E-state index in [1.54, 1.807) is 22.9 Å². The van der Waals surface area contributed by atoms with Gasteiger partial charge in [-0.25, -0.2) is 4.45 Å². The van der Waals surface area contributed by atoms with Crippen molar-refractivity contribution in [1.82, 2.24) is 24.3 Å². The van der Waals surface area contributed by atoms with Gasteiger partial charge in [-0.15, -0.1) is 0 Å². The standard InChI is InChI=1S/C14H14F3IN7P/c15-14(16,17)7-24-11-4-10(12-9(19)6-25(21-12)26-18)20-5-8(11)13(22-24)23-2-1-3-23/h4-6,26H,1-3,7,19H2. The van der Waals surface area contributed by atoms with E-state index in [9.17, 15) is 13.2 Å². The Labute approximate surface area is 161 Å². The summed E-state index contributed by atoms with van der Waals surface area (Å²) in [4.78, 5) is 6.34. The molecule has 1 atom stereocenters. The van der Waals surface area contributed by atoms with Crippen molar-refractivity contribution in [2.24, 2.45) is 0 Å². The van der Waals surface area contributed by atoms with E-state index in [4.69, 9.17) is 5.73 Å². The van der Waals surface area contributed by atoms with Crippen LogP contribution in [0.2, 0.25) is 0 Å². The number of rotatable bonds is 4. The van der Waals surface area contributed by atoms with Gasteiger partial charge in [0.25, 0.3) is 0 Å². The zero-order valence-corrected chi connectivity index (χ0v) is 16.5. The van der Waals surface area contributed by atoms with E-state index in [0.29, 0.717) is 40.2 Å². The molecule has 3 aromatic heterocycles. The molecule has 7 nitrogen and oxygen atoms in total. The first-order valence-electron chi connectivity index (χ1n) is 7.76.